The number of aliphatic carboxylic acids is 1. The number of nitrogens with zero attached hydrogens (tertiary/aromatic N) is 1. The third kappa shape index (κ3) is 7.96. The molecule has 1 aliphatic rings. The molecule has 0 aliphatic carbocycles. The molecular formula is C15H28N2O6S. The summed E-state index contributed by atoms with van der Waals surface area (Å²) in [6.07, 6.45) is 2.99. The molecule has 24 heavy (non-hydrogen) atoms. The first kappa shape index (κ1) is 20.7. The lowest BCUT2D eigenvalue weighted by molar-refractivity contribution is -0.139. The van der Waals surface area contributed by atoms with E-state index in [2.05, 4.69) is 4.72 Å². The number of piperidine rings is 1. The van der Waals surface area contributed by atoms with Gasteiger partial charge in [0.25, 0.3) is 0 Å². The maximum Gasteiger partial charge on any atom is 0.410 e. The first-order chi connectivity index (χ1) is 10.9. The molecule has 0 aromatic rings. The van der Waals surface area contributed by atoms with E-state index in [0.29, 0.717) is 19.5 Å². The normalized spacial score (nSPS) is 20.5. The highest BCUT2D eigenvalue weighted by molar-refractivity contribution is 7.88. The third-order valence-electron chi connectivity index (χ3n) is 3.69. The molecule has 0 radical (unpaired) electrons. The fraction of sp³-hybridized carbons (Fsp3) is 0.867. The van der Waals surface area contributed by atoms with Crippen molar-refractivity contribution in [3.8, 4) is 0 Å². The summed E-state index contributed by atoms with van der Waals surface area (Å²) in [5.41, 5.74) is -0.558. The Morgan fingerprint density at radius 1 is 1.38 bits per heavy atom. The van der Waals surface area contributed by atoms with Crippen molar-refractivity contribution in [2.45, 2.75) is 58.1 Å². The van der Waals surface area contributed by atoms with Crippen LogP contribution in [0.4, 0.5) is 4.79 Å². The molecule has 1 rings (SSSR count). The number of ether oxygens (including phenoxy) is 1. The van der Waals surface area contributed by atoms with Crippen LogP contribution < -0.4 is 4.72 Å². The van der Waals surface area contributed by atoms with Crippen molar-refractivity contribution in [3.05, 3.63) is 0 Å². The van der Waals surface area contributed by atoms with E-state index in [-0.39, 0.29) is 18.4 Å². The summed E-state index contributed by atoms with van der Waals surface area (Å²) in [5, 5.41) is 9.12. The minimum atomic E-state index is -3.58. The van der Waals surface area contributed by atoms with Crippen molar-refractivity contribution in [2.24, 2.45) is 5.92 Å². The van der Waals surface area contributed by atoms with Crippen LogP contribution in [0, 0.1) is 5.92 Å². The summed E-state index contributed by atoms with van der Waals surface area (Å²) in [5.74, 6) is -1.06. The minimum absolute atomic E-state index is 0.134. The third-order valence-corrected chi connectivity index (χ3v) is 4.40. The Morgan fingerprint density at radius 2 is 2.00 bits per heavy atom. The first-order valence-electron chi connectivity index (χ1n) is 8.05. The van der Waals surface area contributed by atoms with Crippen molar-refractivity contribution < 1.29 is 27.9 Å². The lowest BCUT2D eigenvalue weighted by atomic mass is 9.92. The topological polar surface area (TPSA) is 113 Å². The van der Waals surface area contributed by atoms with Gasteiger partial charge >= 0.3 is 12.1 Å². The van der Waals surface area contributed by atoms with Gasteiger partial charge in [-0.15, -0.1) is 0 Å². The second kappa shape index (κ2) is 8.15. The molecule has 0 aromatic heterocycles. The van der Waals surface area contributed by atoms with Crippen molar-refractivity contribution in [3.63, 3.8) is 0 Å². The average Bonchev–Trinajstić information content (AvgIpc) is 2.40. The SMILES string of the molecule is CC(C)(C)OC(=O)N1CCC[C@H](CC[C@@H](NS(C)(=O)=O)C(=O)O)C1. The van der Waals surface area contributed by atoms with Gasteiger partial charge in [0.2, 0.25) is 10.0 Å². The fourth-order valence-corrected chi connectivity index (χ4v) is 3.42. The maximum absolute atomic E-state index is 12.1. The Morgan fingerprint density at radius 3 is 2.50 bits per heavy atom. The van der Waals surface area contributed by atoms with E-state index in [1.165, 1.54) is 0 Å². The van der Waals surface area contributed by atoms with E-state index < -0.39 is 27.6 Å². The molecule has 1 heterocycles. The van der Waals surface area contributed by atoms with Gasteiger partial charge in [-0.1, -0.05) is 0 Å². The molecule has 2 atom stereocenters. The molecule has 0 bridgehead atoms. The van der Waals surface area contributed by atoms with Gasteiger partial charge in [0.05, 0.1) is 6.26 Å². The van der Waals surface area contributed by atoms with Gasteiger partial charge in [-0.3, -0.25) is 4.79 Å². The number of nitrogens with one attached hydrogen (secondary N) is 1. The Labute approximate surface area is 143 Å². The van der Waals surface area contributed by atoms with Crippen molar-refractivity contribution in [2.75, 3.05) is 19.3 Å². The largest absolute Gasteiger partial charge is 0.480 e. The van der Waals surface area contributed by atoms with Crippen LogP contribution in [0.2, 0.25) is 0 Å². The molecule has 0 aromatic carbocycles. The lowest BCUT2D eigenvalue weighted by Crippen LogP contribution is -2.44. The molecule has 1 saturated heterocycles. The number of likely N-dealkylation sites (tertiary alicyclic amines) is 1. The van der Waals surface area contributed by atoms with Gasteiger partial charge in [-0.05, 0) is 52.4 Å². The first-order valence-corrected chi connectivity index (χ1v) is 9.94. The highest BCUT2D eigenvalue weighted by atomic mass is 32.2. The molecule has 1 amide bonds. The summed E-state index contributed by atoms with van der Waals surface area (Å²) < 4.78 is 29.9. The van der Waals surface area contributed by atoms with Crippen LogP contribution in [-0.4, -0.2) is 61.5 Å². The molecule has 8 nitrogen and oxygen atoms in total. The zero-order valence-electron chi connectivity index (χ0n) is 14.7. The summed E-state index contributed by atoms with van der Waals surface area (Å²) >= 11 is 0. The molecule has 2 N–H and O–H groups in total. The van der Waals surface area contributed by atoms with Crippen LogP contribution in [0.3, 0.4) is 0 Å². The minimum Gasteiger partial charge on any atom is -0.480 e. The Balaban J connectivity index is 2.55. The van der Waals surface area contributed by atoms with Crippen LogP contribution in [0.1, 0.15) is 46.5 Å². The van der Waals surface area contributed by atoms with Crippen LogP contribution in [0.5, 0.6) is 0 Å². The van der Waals surface area contributed by atoms with Gasteiger partial charge in [-0.25, -0.2) is 17.9 Å². The monoisotopic (exact) mass is 364 g/mol. The maximum atomic E-state index is 12.1. The Hall–Kier alpha value is -1.35. The zero-order valence-corrected chi connectivity index (χ0v) is 15.6. The fourth-order valence-electron chi connectivity index (χ4n) is 2.69. The van der Waals surface area contributed by atoms with E-state index in [9.17, 15) is 18.0 Å². The summed E-state index contributed by atoms with van der Waals surface area (Å²) in [7, 11) is -3.58. The highest BCUT2D eigenvalue weighted by Crippen LogP contribution is 2.23. The van der Waals surface area contributed by atoms with Gasteiger partial charge in [0, 0.05) is 13.1 Å². The number of carboxylic acids is 1. The van der Waals surface area contributed by atoms with Crippen molar-refractivity contribution in [1.29, 1.82) is 0 Å². The molecule has 0 saturated carbocycles. The zero-order chi connectivity index (χ0) is 18.5. The molecule has 140 valence electrons. The molecule has 1 aliphatic heterocycles. The summed E-state index contributed by atoms with van der Waals surface area (Å²) in [6.45, 7) is 6.54. The number of hydrogen-bond donors (Lipinski definition) is 2. The number of carboxylic acid groups (broad SMARTS) is 1. The number of carbonyl (C=O) groups is 2. The second-order valence-electron chi connectivity index (χ2n) is 7.29. The van der Waals surface area contributed by atoms with Crippen LogP contribution in [0.15, 0.2) is 0 Å². The molecular weight excluding hydrogens is 336 g/mol. The van der Waals surface area contributed by atoms with E-state index in [1.54, 1.807) is 25.7 Å². The molecule has 1 fully saturated rings. The number of rotatable bonds is 6. The van der Waals surface area contributed by atoms with Crippen molar-refractivity contribution >= 4 is 22.1 Å². The van der Waals surface area contributed by atoms with Gasteiger partial charge in [0.15, 0.2) is 0 Å². The van der Waals surface area contributed by atoms with E-state index >= 15 is 0 Å². The summed E-state index contributed by atoms with van der Waals surface area (Å²) in [6, 6.07) is -1.14. The van der Waals surface area contributed by atoms with Crippen LogP contribution in [0.25, 0.3) is 0 Å². The summed E-state index contributed by atoms with van der Waals surface area (Å²) in [4.78, 5) is 24.9. The lowest BCUT2D eigenvalue weighted by Gasteiger charge is -2.34. The number of hydrogen-bond acceptors (Lipinski definition) is 5. The van der Waals surface area contributed by atoms with E-state index in [0.717, 1.165) is 19.1 Å². The smallest absolute Gasteiger partial charge is 0.410 e. The van der Waals surface area contributed by atoms with Crippen molar-refractivity contribution in [1.82, 2.24) is 9.62 Å². The quantitative estimate of drug-likeness (QED) is 0.737. The highest BCUT2D eigenvalue weighted by Gasteiger charge is 2.29. The Kier molecular flexibility index (Phi) is 7.03. The molecule has 9 heteroatoms. The predicted octanol–water partition coefficient (Wildman–Crippen LogP) is 1.42. The van der Waals surface area contributed by atoms with Crippen LogP contribution in [-0.2, 0) is 19.6 Å². The Bertz CT molecular complexity index is 555. The number of carbonyl (C=O) groups excluding carboxylic acids is 1. The standard InChI is InChI=1S/C15H28N2O6S/c1-15(2,3)23-14(20)17-9-5-6-11(10-17)7-8-12(13(18)19)16-24(4,21)22/h11-12,16H,5-10H2,1-4H3,(H,18,19)/t11-,12-/m1/s1. The van der Waals surface area contributed by atoms with Gasteiger partial charge in [0.1, 0.15) is 11.6 Å². The van der Waals surface area contributed by atoms with E-state index in [4.69, 9.17) is 9.84 Å². The average molecular weight is 364 g/mol. The van der Waals surface area contributed by atoms with E-state index in [1.807, 2.05) is 0 Å². The number of amides is 1. The van der Waals surface area contributed by atoms with Crippen LogP contribution >= 0.6 is 0 Å². The second-order valence-corrected chi connectivity index (χ2v) is 9.07. The predicted molar refractivity (Wildman–Crippen MR) is 89.2 cm³/mol. The molecule has 0 spiro atoms. The van der Waals surface area contributed by atoms with Gasteiger partial charge in [-0.2, -0.15) is 0 Å². The van der Waals surface area contributed by atoms with Gasteiger partial charge < -0.3 is 14.7 Å². The number of sulfonamides is 1. The molecule has 0 unspecified atom stereocenters.